The van der Waals surface area contributed by atoms with Crippen molar-refractivity contribution in [2.75, 3.05) is 17.2 Å². The maximum absolute atomic E-state index is 13.7. The average molecular weight is 568 g/mol. The molecule has 1 amide bonds. The lowest BCUT2D eigenvalue weighted by Crippen LogP contribution is -2.44. The molecule has 1 aliphatic carbocycles. The number of likely N-dealkylation sites (tertiary alicyclic amines) is 1. The molecule has 1 saturated heterocycles. The smallest absolute Gasteiger partial charge is 0.393 e. The van der Waals surface area contributed by atoms with Crippen LogP contribution in [0.5, 0.6) is 0 Å². The second-order valence-corrected chi connectivity index (χ2v) is 11.5. The Bertz CT molecular complexity index is 1410. The van der Waals surface area contributed by atoms with Gasteiger partial charge in [0.2, 0.25) is 5.91 Å². The molecule has 2 aliphatic rings. The number of nitrogens with zero attached hydrogens (tertiary/aromatic N) is 3. The van der Waals surface area contributed by atoms with Crippen LogP contribution in [0.2, 0.25) is 0 Å². The van der Waals surface area contributed by atoms with E-state index in [1.807, 2.05) is 18.2 Å². The second kappa shape index (κ2) is 11.8. The molecule has 10 heteroatoms. The Morgan fingerprint density at radius 1 is 1.10 bits per heavy atom. The molecule has 1 aromatic heterocycles. The van der Waals surface area contributed by atoms with Crippen molar-refractivity contribution in [1.29, 1.82) is 0 Å². The van der Waals surface area contributed by atoms with Gasteiger partial charge in [0.05, 0.1) is 29.1 Å². The van der Waals surface area contributed by atoms with Crippen molar-refractivity contribution in [3.63, 3.8) is 0 Å². The van der Waals surface area contributed by atoms with Crippen molar-refractivity contribution < 1.29 is 23.1 Å². The van der Waals surface area contributed by atoms with Crippen molar-refractivity contribution in [1.82, 2.24) is 14.9 Å². The van der Waals surface area contributed by atoms with E-state index in [1.165, 1.54) is 12.4 Å². The highest BCUT2D eigenvalue weighted by atomic mass is 19.4. The first-order valence-corrected chi connectivity index (χ1v) is 14.2. The van der Waals surface area contributed by atoms with Crippen LogP contribution in [0.15, 0.2) is 48.8 Å². The number of benzene rings is 2. The van der Waals surface area contributed by atoms with E-state index in [0.29, 0.717) is 42.3 Å². The summed E-state index contributed by atoms with van der Waals surface area (Å²) in [5.41, 5.74) is 2.93. The Balaban J connectivity index is 1.46. The molecule has 41 heavy (non-hydrogen) atoms. The Morgan fingerprint density at radius 2 is 1.90 bits per heavy atom. The van der Waals surface area contributed by atoms with E-state index in [2.05, 4.69) is 46.3 Å². The van der Waals surface area contributed by atoms with Crippen LogP contribution in [0.3, 0.4) is 0 Å². The lowest BCUT2D eigenvalue weighted by molar-refractivity contribution is -0.137. The number of carbonyl (C=O) groups is 1. The fourth-order valence-corrected chi connectivity index (χ4v) is 5.91. The Morgan fingerprint density at radius 3 is 2.66 bits per heavy atom. The number of hydrogen-bond donors (Lipinski definition) is 3. The number of nitrogens with one attached hydrogen (secondary N) is 2. The standard InChI is InChI=1S/C31H36F3N5O2/c1-18(2)16-39-19(3)7-12-28(39)30(41)38-27-13-21(31(32,33)34)9-11-23(27)26-15-29(36-17-35-26)37-25-6-4-5-20-8-10-22(40)14-24(20)25/h4-6,9,11,13,15,17-19,22,28,40H,7-8,10,12,14,16H2,1-3H3,(H,38,41)(H,35,36,37)/t19?,22?,28-/m0/s1. The number of aryl methyl sites for hydroxylation is 1. The van der Waals surface area contributed by atoms with Crippen molar-refractivity contribution in [3.8, 4) is 11.3 Å². The molecule has 0 spiro atoms. The first kappa shape index (κ1) is 29.0. The number of aromatic nitrogens is 2. The van der Waals surface area contributed by atoms with E-state index in [1.54, 1.807) is 6.07 Å². The minimum absolute atomic E-state index is 0.0544. The van der Waals surface area contributed by atoms with Gasteiger partial charge in [0.25, 0.3) is 0 Å². The van der Waals surface area contributed by atoms with Crippen LogP contribution in [0, 0.1) is 5.92 Å². The first-order chi connectivity index (χ1) is 19.5. The van der Waals surface area contributed by atoms with E-state index in [4.69, 9.17) is 0 Å². The van der Waals surface area contributed by atoms with Gasteiger partial charge in [-0.25, -0.2) is 9.97 Å². The molecule has 3 N–H and O–H groups in total. The summed E-state index contributed by atoms with van der Waals surface area (Å²) in [5, 5.41) is 16.3. The number of hydrogen-bond acceptors (Lipinski definition) is 6. The summed E-state index contributed by atoms with van der Waals surface area (Å²) < 4.78 is 41.1. The van der Waals surface area contributed by atoms with Gasteiger partial charge in [-0.2, -0.15) is 13.2 Å². The van der Waals surface area contributed by atoms with E-state index < -0.39 is 23.9 Å². The van der Waals surface area contributed by atoms with Gasteiger partial charge in [-0.1, -0.05) is 32.0 Å². The van der Waals surface area contributed by atoms with Gasteiger partial charge in [0.15, 0.2) is 0 Å². The number of rotatable bonds is 7. The molecule has 2 unspecified atom stereocenters. The van der Waals surface area contributed by atoms with Crippen LogP contribution < -0.4 is 10.6 Å². The molecule has 7 nitrogen and oxygen atoms in total. The lowest BCUT2D eigenvalue weighted by atomic mass is 9.88. The van der Waals surface area contributed by atoms with Crippen LogP contribution in [0.1, 0.15) is 56.7 Å². The zero-order valence-electron chi connectivity index (χ0n) is 23.5. The van der Waals surface area contributed by atoms with Crippen molar-refractivity contribution in [2.45, 2.75) is 77.2 Å². The normalized spacial score (nSPS) is 21.1. The number of fused-ring (bicyclic) bond motifs is 1. The van der Waals surface area contributed by atoms with Gasteiger partial charge in [-0.15, -0.1) is 0 Å². The Hall–Kier alpha value is -3.50. The molecule has 2 heterocycles. The molecular formula is C31H36F3N5O2. The van der Waals surface area contributed by atoms with Gasteiger partial charge < -0.3 is 15.7 Å². The minimum Gasteiger partial charge on any atom is -0.393 e. The second-order valence-electron chi connectivity index (χ2n) is 11.5. The zero-order chi connectivity index (χ0) is 29.3. The van der Waals surface area contributed by atoms with Crippen LogP contribution in [-0.4, -0.2) is 50.6 Å². The number of halogens is 3. The number of aliphatic hydroxyl groups excluding tert-OH is 1. The number of aliphatic hydroxyl groups is 1. The molecule has 1 aliphatic heterocycles. The third kappa shape index (κ3) is 6.54. The molecule has 0 radical (unpaired) electrons. The van der Waals surface area contributed by atoms with Crippen molar-refractivity contribution in [2.24, 2.45) is 5.92 Å². The Labute approximate surface area is 238 Å². The maximum Gasteiger partial charge on any atom is 0.416 e. The quantitative estimate of drug-likeness (QED) is 0.315. The molecule has 5 rings (SSSR count). The number of carbonyl (C=O) groups excluding carboxylic acids is 1. The van der Waals surface area contributed by atoms with E-state index in [0.717, 1.165) is 48.3 Å². The largest absolute Gasteiger partial charge is 0.416 e. The molecule has 3 aromatic rings. The summed E-state index contributed by atoms with van der Waals surface area (Å²) in [7, 11) is 0. The fourth-order valence-electron chi connectivity index (χ4n) is 5.91. The van der Waals surface area contributed by atoms with Gasteiger partial charge >= 0.3 is 6.18 Å². The Kier molecular flexibility index (Phi) is 8.33. The van der Waals surface area contributed by atoms with E-state index in [9.17, 15) is 23.1 Å². The summed E-state index contributed by atoms with van der Waals surface area (Å²) in [5.74, 6) is 0.478. The molecule has 0 saturated carbocycles. The molecular weight excluding hydrogens is 531 g/mol. The lowest BCUT2D eigenvalue weighted by Gasteiger charge is -2.29. The monoisotopic (exact) mass is 567 g/mol. The van der Waals surface area contributed by atoms with Crippen LogP contribution in [-0.2, 0) is 23.8 Å². The van der Waals surface area contributed by atoms with Gasteiger partial charge in [-0.05, 0) is 67.9 Å². The topological polar surface area (TPSA) is 90.4 Å². The predicted molar refractivity (Wildman–Crippen MR) is 153 cm³/mol. The van der Waals surface area contributed by atoms with Crippen LogP contribution in [0.4, 0.5) is 30.4 Å². The highest BCUT2D eigenvalue weighted by molar-refractivity contribution is 5.98. The predicted octanol–water partition coefficient (Wildman–Crippen LogP) is 6.20. The fraction of sp³-hybridized carbons (Fsp3) is 0.452. The summed E-state index contributed by atoms with van der Waals surface area (Å²) in [6.45, 7) is 6.97. The van der Waals surface area contributed by atoms with Gasteiger partial charge in [0, 0.05) is 36.3 Å². The van der Waals surface area contributed by atoms with E-state index in [-0.39, 0.29) is 17.6 Å². The zero-order valence-corrected chi connectivity index (χ0v) is 23.5. The van der Waals surface area contributed by atoms with Crippen LogP contribution >= 0.6 is 0 Å². The van der Waals surface area contributed by atoms with E-state index >= 15 is 0 Å². The number of alkyl halides is 3. The highest BCUT2D eigenvalue weighted by Crippen LogP contribution is 2.37. The summed E-state index contributed by atoms with van der Waals surface area (Å²) in [4.78, 5) is 24.3. The number of anilines is 3. The third-order valence-electron chi connectivity index (χ3n) is 7.97. The van der Waals surface area contributed by atoms with Crippen molar-refractivity contribution >= 4 is 23.1 Å². The molecule has 1 fully saturated rings. The van der Waals surface area contributed by atoms with Gasteiger partial charge in [0.1, 0.15) is 12.1 Å². The molecule has 2 aromatic carbocycles. The average Bonchev–Trinajstić information content (AvgIpc) is 3.28. The molecule has 218 valence electrons. The molecule has 0 bridgehead atoms. The third-order valence-corrected chi connectivity index (χ3v) is 7.97. The number of amides is 1. The highest BCUT2D eigenvalue weighted by Gasteiger charge is 2.37. The first-order valence-electron chi connectivity index (χ1n) is 14.2. The van der Waals surface area contributed by atoms with Gasteiger partial charge in [-0.3, -0.25) is 9.69 Å². The summed E-state index contributed by atoms with van der Waals surface area (Å²) in [6.07, 6.45) is -0.126. The molecule has 3 atom stereocenters. The SMILES string of the molecule is CC(C)CN1C(C)CC[C@H]1C(=O)Nc1cc(C(F)(F)F)ccc1-c1cc(Nc2cccc3c2CC(O)CC3)ncn1. The maximum atomic E-state index is 13.7. The summed E-state index contributed by atoms with van der Waals surface area (Å²) >= 11 is 0. The van der Waals surface area contributed by atoms with Crippen LogP contribution in [0.25, 0.3) is 11.3 Å². The minimum atomic E-state index is -4.57. The summed E-state index contributed by atoms with van der Waals surface area (Å²) in [6, 6.07) is 10.7. The van der Waals surface area contributed by atoms with Crippen molar-refractivity contribution in [3.05, 3.63) is 65.5 Å².